The van der Waals surface area contributed by atoms with Crippen molar-refractivity contribution in [3.05, 3.63) is 35.9 Å². The number of unbranched alkanes of at least 4 members (excludes halogenated alkanes) is 2. The van der Waals surface area contributed by atoms with E-state index < -0.39 is 0 Å². The van der Waals surface area contributed by atoms with Gasteiger partial charge in [0.1, 0.15) is 0 Å². The number of aryl methyl sites for hydroxylation is 1. The molecule has 0 saturated carbocycles. The third-order valence-corrected chi connectivity index (χ3v) is 2.67. The van der Waals surface area contributed by atoms with Gasteiger partial charge in [0.05, 0.1) is 0 Å². The average Bonchev–Trinajstić information content (AvgIpc) is 2.34. The van der Waals surface area contributed by atoms with Gasteiger partial charge in [-0.05, 0) is 50.8 Å². The lowest BCUT2D eigenvalue weighted by Gasteiger charge is -2.04. The van der Waals surface area contributed by atoms with Crippen LogP contribution in [-0.4, -0.2) is 24.8 Å². The molecule has 0 unspecified atom stereocenters. The van der Waals surface area contributed by atoms with E-state index in [2.05, 4.69) is 35.6 Å². The normalized spacial score (nSPS) is 10.6. The lowest BCUT2D eigenvalue weighted by Crippen LogP contribution is -2.17. The highest BCUT2D eigenvalue weighted by Gasteiger charge is 1.92. The second-order valence-corrected chi connectivity index (χ2v) is 4.12. The first-order valence-corrected chi connectivity index (χ1v) is 6.29. The molecule has 16 heavy (non-hydrogen) atoms. The van der Waals surface area contributed by atoms with Gasteiger partial charge in [-0.25, -0.2) is 0 Å². The first-order valence-electron chi connectivity index (χ1n) is 6.29. The number of benzene rings is 1. The summed E-state index contributed by atoms with van der Waals surface area (Å²) in [6.07, 6.45) is 5.59. The van der Waals surface area contributed by atoms with Gasteiger partial charge in [0.25, 0.3) is 0 Å². The summed E-state index contributed by atoms with van der Waals surface area (Å²) >= 11 is 0. The van der Waals surface area contributed by atoms with Gasteiger partial charge >= 0.3 is 0 Å². The van der Waals surface area contributed by atoms with Crippen LogP contribution in [0.1, 0.15) is 31.2 Å². The number of hydrogen-bond donors (Lipinski definition) is 2. The van der Waals surface area contributed by atoms with Crippen LogP contribution in [-0.2, 0) is 6.42 Å². The molecule has 0 heterocycles. The van der Waals surface area contributed by atoms with E-state index in [0.717, 1.165) is 32.4 Å². The smallest absolute Gasteiger partial charge is 0.0431 e. The number of nitrogens with one attached hydrogen (secondary N) is 1. The van der Waals surface area contributed by atoms with E-state index in [1.54, 1.807) is 0 Å². The zero-order valence-electron chi connectivity index (χ0n) is 9.99. The quantitative estimate of drug-likeness (QED) is 0.627. The lowest BCUT2D eigenvalue weighted by molar-refractivity contribution is 0.283. The molecule has 0 bridgehead atoms. The number of rotatable bonds is 9. The molecule has 0 spiro atoms. The van der Waals surface area contributed by atoms with Crippen molar-refractivity contribution in [2.75, 3.05) is 19.7 Å². The Morgan fingerprint density at radius 3 is 2.38 bits per heavy atom. The Labute approximate surface area is 98.7 Å². The van der Waals surface area contributed by atoms with Crippen LogP contribution in [0, 0.1) is 0 Å². The number of aliphatic hydroxyl groups is 1. The molecule has 1 rings (SSSR count). The molecule has 90 valence electrons. The zero-order valence-corrected chi connectivity index (χ0v) is 9.99. The van der Waals surface area contributed by atoms with Crippen LogP contribution in [0.15, 0.2) is 30.3 Å². The molecule has 0 fully saturated rings. The summed E-state index contributed by atoms with van der Waals surface area (Å²) < 4.78 is 0. The number of aliphatic hydroxyl groups excluding tert-OH is 1. The second-order valence-electron chi connectivity index (χ2n) is 4.12. The van der Waals surface area contributed by atoms with Gasteiger partial charge in [0, 0.05) is 6.61 Å². The molecule has 0 radical (unpaired) electrons. The Hall–Kier alpha value is -0.860. The minimum absolute atomic E-state index is 0.327. The lowest BCUT2D eigenvalue weighted by atomic mass is 10.1. The molecule has 0 aliphatic rings. The van der Waals surface area contributed by atoms with Crippen molar-refractivity contribution < 1.29 is 5.11 Å². The van der Waals surface area contributed by atoms with E-state index in [4.69, 9.17) is 5.11 Å². The van der Waals surface area contributed by atoms with Crippen LogP contribution in [0.25, 0.3) is 0 Å². The van der Waals surface area contributed by atoms with Gasteiger partial charge in [-0.1, -0.05) is 30.3 Å². The Bertz CT molecular complexity index is 248. The fourth-order valence-corrected chi connectivity index (χ4v) is 1.73. The average molecular weight is 221 g/mol. The van der Waals surface area contributed by atoms with E-state index >= 15 is 0 Å². The predicted octanol–water partition coefficient (Wildman–Crippen LogP) is 2.37. The van der Waals surface area contributed by atoms with Gasteiger partial charge in [-0.15, -0.1) is 0 Å². The fourth-order valence-electron chi connectivity index (χ4n) is 1.73. The maximum atomic E-state index is 8.61. The summed E-state index contributed by atoms with van der Waals surface area (Å²) in [5.41, 5.74) is 1.42. The van der Waals surface area contributed by atoms with Crippen molar-refractivity contribution in [2.24, 2.45) is 0 Å². The topological polar surface area (TPSA) is 32.3 Å². The van der Waals surface area contributed by atoms with Crippen molar-refractivity contribution in [2.45, 2.75) is 32.1 Å². The largest absolute Gasteiger partial charge is 0.396 e. The highest BCUT2D eigenvalue weighted by atomic mass is 16.2. The van der Waals surface area contributed by atoms with Crippen LogP contribution in [0.3, 0.4) is 0 Å². The molecule has 0 amide bonds. The van der Waals surface area contributed by atoms with Crippen molar-refractivity contribution in [1.82, 2.24) is 5.32 Å². The standard InChI is InChI=1S/C14H23NO/c16-13-6-2-5-11-15-12-7-10-14-8-3-1-4-9-14/h1,3-4,8-9,15-16H,2,5-7,10-13H2. The summed E-state index contributed by atoms with van der Waals surface area (Å²) in [4.78, 5) is 0. The van der Waals surface area contributed by atoms with Crippen LogP contribution in [0.2, 0.25) is 0 Å². The highest BCUT2D eigenvalue weighted by molar-refractivity contribution is 5.14. The Morgan fingerprint density at radius 2 is 1.62 bits per heavy atom. The third-order valence-electron chi connectivity index (χ3n) is 2.67. The molecule has 0 saturated heterocycles. The minimum Gasteiger partial charge on any atom is -0.396 e. The van der Waals surface area contributed by atoms with Crippen molar-refractivity contribution >= 4 is 0 Å². The van der Waals surface area contributed by atoms with Crippen LogP contribution >= 0.6 is 0 Å². The Kier molecular flexibility index (Phi) is 7.74. The van der Waals surface area contributed by atoms with E-state index in [1.807, 2.05) is 0 Å². The molecule has 2 heteroatoms. The van der Waals surface area contributed by atoms with E-state index in [-0.39, 0.29) is 0 Å². The minimum atomic E-state index is 0.327. The summed E-state index contributed by atoms with van der Waals surface area (Å²) in [5.74, 6) is 0. The molecule has 2 nitrogen and oxygen atoms in total. The first-order chi connectivity index (χ1) is 7.93. The zero-order chi connectivity index (χ0) is 11.5. The Balaban J connectivity index is 1.89. The fraction of sp³-hybridized carbons (Fsp3) is 0.571. The predicted molar refractivity (Wildman–Crippen MR) is 68.6 cm³/mol. The molecule has 0 aliphatic heterocycles. The summed E-state index contributed by atoms with van der Waals surface area (Å²) in [5, 5.41) is 12.0. The van der Waals surface area contributed by atoms with Gasteiger partial charge in [0.2, 0.25) is 0 Å². The van der Waals surface area contributed by atoms with E-state index in [1.165, 1.54) is 18.4 Å². The van der Waals surface area contributed by atoms with Crippen LogP contribution in [0.5, 0.6) is 0 Å². The van der Waals surface area contributed by atoms with Crippen molar-refractivity contribution in [3.63, 3.8) is 0 Å². The third kappa shape index (κ3) is 6.59. The number of hydrogen-bond acceptors (Lipinski definition) is 2. The van der Waals surface area contributed by atoms with Crippen LogP contribution in [0.4, 0.5) is 0 Å². The van der Waals surface area contributed by atoms with Gasteiger partial charge < -0.3 is 10.4 Å². The molecule has 0 atom stereocenters. The molecular weight excluding hydrogens is 198 g/mol. The molecular formula is C14H23NO. The highest BCUT2D eigenvalue weighted by Crippen LogP contribution is 2.01. The van der Waals surface area contributed by atoms with E-state index in [0.29, 0.717) is 6.61 Å². The monoisotopic (exact) mass is 221 g/mol. The maximum absolute atomic E-state index is 8.61. The van der Waals surface area contributed by atoms with Crippen molar-refractivity contribution in [3.8, 4) is 0 Å². The van der Waals surface area contributed by atoms with Gasteiger partial charge in [-0.3, -0.25) is 0 Å². The summed E-state index contributed by atoms with van der Waals surface area (Å²) in [6.45, 7) is 2.50. The Morgan fingerprint density at radius 1 is 0.875 bits per heavy atom. The SMILES string of the molecule is OCCCCCNCCCc1ccccc1. The molecule has 1 aromatic rings. The van der Waals surface area contributed by atoms with Gasteiger partial charge in [0.15, 0.2) is 0 Å². The molecule has 0 aliphatic carbocycles. The maximum Gasteiger partial charge on any atom is 0.0431 e. The van der Waals surface area contributed by atoms with Crippen LogP contribution < -0.4 is 5.32 Å². The van der Waals surface area contributed by atoms with E-state index in [9.17, 15) is 0 Å². The summed E-state index contributed by atoms with van der Waals surface area (Å²) in [6, 6.07) is 10.6. The molecule has 1 aromatic carbocycles. The summed E-state index contributed by atoms with van der Waals surface area (Å²) in [7, 11) is 0. The first kappa shape index (κ1) is 13.2. The molecule has 0 aromatic heterocycles. The molecule has 2 N–H and O–H groups in total. The van der Waals surface area contributed by atoms with Gasteiger partial charge in [-0.2, -0.15) is 0 Å². The van der Waals surface area contributed by atoms with Crippen molar-refractivity contribution in [1.29, 1.82) is 0 Å². The second kappa shape index (κ2) is 9.37.